The maximum absolute atomic E-state index is 4.77. The van der Waals surface area contributed by atoms with Crippen LogP contribution in [0, 0.1) is 12.3 Å². The SMILES string of the molecule is CCNC(c1nc(CC)c(C)s1)C(C)(C)C. The van der Waals surface area contributed by atoms with Crippen LogP contribution in [0.15, 0.2) is 0 Å². The van der Waals surface area contributed by atoms with Crippen LogP contribution >= 0.6 is 11.3 Å². The van der Waals surface area contributed by atoms with Crippen LogP contribution in [0.1, 0.15) is 56.2 Å². The summed E-state index contributed by atoms with van der Waals surface area (Å²) < 4.78 is 0. The summed E-state index contributed by atoms with van der Waals surface area (Å²) in [5.41, 5.74) is 1.47. The Hall–Kier alpha value is -0.410. The summed E-state index contributed by atoms with van der Waals surface area (Å²) >= 11 is 1.84. The molecule has 1 heterocycles. The van der Waals surface area contributed by atoms with Crippen LogP contribution in [0.25, 0.3) is 0 Å². The van der Waals surface area contributed by atoms with Crippen molar-refractivity contribution < 1.29 is 0 Å². The standard InChI is InChI=1S/C13H24N2S/c1-7-10-9(3)16-12(15-10)11(14-8-2)13(4,5)6/h11,14H,7-8H2,1-6H3. The molecule has 1 atom stereocenters. The van der Waals surface area contributed by atoms with Gasteiger partial charge in [-0.25, -0.2) is 4.98 Å². The molecule has 3 heteroatoms. The minimum absolute atomic E-state index is 0.214. The first kappa shape index (κ1) is 13.7. The maximum Gasteiger partial charge on any atom is 0.111 e. The van der Waals surface area contributed by atoms with Crippen molar-refractivity contribution in [3.63, 3.8) is 0 Å². The first-order valence-corrected chi connectivity index (χ1v) is 6.91. The molecular formula is C13H24N2S. The summed E-state index contributed by atoms with van der Waals surface area (Å²) in [5, 5.41) is 4.79. The Labute approximate surface area is 103 Å². The van der Waals surface area contributed by atoms with E-state index >= 15 is 0 Å². The summed E-state index contributed by atoms with van der Waals surface area (Å²) in [6.45, 7) is 14.3. The molecule has 0 bridgehead atoms. The van der Waals surface area contributed by atoms with Crippen molar-refractivity contribution in [3.8, 4) is 0 Å². The van der Waals surface area contributed by atoms with Crippen LogP contribution in [0.5, 0.6) is 0 Å². The quantitative estimate of drug-likeness (QED) is 0.868. The lowest BCUT2D eigenvalue weighted by Crippen LogP contribution is -2.32. The van der Waals surface area contributed by atoms with Crippen molar-refractivity contribution in [2.75, 3.05) is 6.54 Å². The molecule has 2 nitrogen and oxygen atoms in total. The fraction of sp³-hybridized carbons (Fsp3) is 0.769. The van der Waals surface area contributed by atoms with Crippen molar-refractivity contribution in [3.05, 3.63) is 15.6 Å². The van der Waals surface area contributed by atoms with Gasteiger partial charge in [-0.2, -0.15) is 0 Å². The second-order valence-electron chi connectivity index (χ2n) is 5.27. The van der Waals surface area contributed by atoms with Gasteiger partial charge in [0.25, 0.3) is 0 Å². The maximum atomic E-state index is 4.77. The first-order chi connectivity index (χ1) is 7.40. The molecular weight excluding hydrogens is 216 g/mol. The number of thiazole rings is 1. The number of nitrogens with zero attached hydrogens (tertiary/aromatic N) is 1. The zero-order valence-corrected chi connectivity index (χ0v) is 12.2. The van der Waals surface area contributed by atoms with E-state index in [4.69, 9.17) is 4.98 Å². The summed E-state index contributed by atoms with van der Waals surface area (Å²) in [7, 11) is 0. The van der Waals surface area contributed by atoms with Gasteiger partial charge in [0, 0.05) is 4.88 Å². The Bertz CT molecular complexity index is 336. The lowest BCUT2D eigenvalue weighted by atomic mass is 9.87. The minimum Gasteiger partial charge on any atom is -0.308 e. The average molecular weight is 240 g/mol. The van der Waals surface area contributed by atoms with Crippen LogP contribution in [-0.4, -0.2) is 11.5 Å². The van der Waals surface area contributed by atoms with E-state index in [0.29, 0.717) is 6.04 Å². The van der Waals surface area contributed by atoms with Gasteiger partial charge in [0.2, 0.25) is 0 Å². The molecule has 0 saturated heterocycles. The van der Waals surface area contributed by atoms with E-state index in [1.54, 1.807) is 0 Å². The van der Waals surface area contributed by atoms with Gasteiger partial charge in [0.05, 0.1) is 11.7 Å². The predicted molar refractivity (Wildman–Crippen MR) is 72.1 cm³/mol. The van der Waals surface area contributed by atoms with Crippen molar-refractivity contribution in [1.82, 2.24) is 10.3 Å². The lowest BCUT2D eigenvalue weighted by molar-refractivity contribution is 0.276. The molecule has 1 aromatic heterocycles. The van der Waals surface area contributed by atoms with Gasteiger partial charge in [0.1, 0.15) is 5.01 Å². The van der Waals surface area contributed by atoms with Crippen LogP contribution in [0.3, 0.4) is 0 Å². The number of hydrogen-bond donors (Lipinski definition) is 1. The topological polar surface area (TPSA) is 24.9 Å². The average Bonchev–Trinajstić information content (AvgIpc) is 2.53. The van der Waals surface area contributed by atoms with Crippen molar-refractivity contribution in [1.29, 1.82) is 0 Å². The summed E-state index contributed by atoms with van der Waals surface area (Å²) in [4.78, 5) is 6.14. The highest BCUT2D eigenvalue weighted by Gasteiger charge is 2.28. The smallest absolute Gasteiger partial charge is 0.111 e. The molecule has 0 amide bonds. The van der Waals surface area contributed by atoms with Crippen LogP contribution < -0.4 is 5.32 Å². The zero-order valence-electron chi connectivity index (χ0n) is 11.3. The lowest BCUT2D eigenvalue weighted by Gasteiger charge is -2.29. The third-order valence-corrected chi connectivity index (χ3v) is 3.84. The minimum atomic E-state index is 0.214. The number of hydrogen-bond acceptors (Lipinski definition) is 3. The molecule has 1 rings (SSSR count). The second-order valence-corrected chi connectivity index (χ2v) is 6.50. The van der Waals surface area contributed by atoms with E-state index < -0.39 is 0 Å². The zero-order chi connectivity index (χ0) is 12.3. The Balaban J connectivity index is 3.01. The van der Waals surface area contributed by atoms with Gasteiger partial charge < -0.3 is 5.32 Å². The highest BCUT2D eigenvalue weighted by Crippen LogP contribution is 2.35. The van der Waals surface area contributed by atoms with E-state index in [2.05, 4.69) is 46.9 Å². The Morgan fingerprint density at radius 2 is 1.94 bits per heavy atom. The highest BCUT2D eigenvalue weighted by atomic mass is 32.1. The second kappa shape index (κ2) is 5.28. The van der Waals surface area contributed by atoms with E-state index in [-0.39, 0.29) is 5.41 Å². The normalized spacial score (nSPS) is 14.1. The van der Waals surface area contributed by atoms with Gasteiger partial charge >= 0.3 is 0 Å². The molecule has 0 radical (unpaired) electrons. The summed E-state index contributed by atoms with van der Waals surface area (Å²) in [6, 6.07) is 0.362. The van der Waals surface area contributed by atoms with Gasteiger partial charge in [-0.05, 0) is 25.3 Å². The van der Waals surface area contributed by atoms with Crippen molar-refractivity contribution >= 4 is 11.3 Å². The van der Waals surface area contributed by atoms with E-state index in [1.165, 1.54) is 15.6 Å². The molecule has 0 aliphatic carbocycles. The third-order valence-electron chi connectivity index (χ3n) is 2.77. The van der Waals surface area contributed by atoms with E-state index in [1.807, 2.05) is 11.3 Å². The molecule has 0 spiro atoms. The first-order valence-electron chi connectivity index (χ1n) is 6.09. The molecule has 0 aliphatic rings. The molecule has 92 valence electrons. The molecule has 1 aromatic rings. The molecule has 0 fully saturated rings. The Morgan fingerprint density at radius 1 is 1.31 bits per heavy atom. The molecule has 1 unspecified atom stereocenters. The van der Waals surface area contributed by atoms with Crippen LogP contribution in [-0.2, 0) is 6.42 Å². The van der Waals surface area contributed by atoms with Gasteiger partial charge in [0.15, 0.2) is 0 Å². The molecule has 0 aliphatic heterocycles. The Kier molecular flexibility index (Phi) is 4.51. The summed E-state index contributed by atoms with van der Waals surface area (Å²) in [6.07, 6.45) is 1.03. The largest absolute Gasteiger partial charge is 0.308 e. The fourth-order valence-corrected chi connectivity index (χ4v) is 3.20. The predicted octanol–water partition coefficient (Wildman–Crippen LogP) is 3.71. The fourth-order valence-electron chi connectivity index (χ4n) is 1.87. The van der Waals surface area contributed by atoms with Gasteiger partial charge in [-0.1, -0.05) is 34.6 Å². The molecule has 1 N–H and O–H groups in total. The number of nitrogens with one attached hydrogen (secondary N) is 1. The number of rotatable bonds is 4. The molecule has 0 aromatic carbocycles. The Morgan fingerprint density at radius 3 is 2.31 bits per heavy atom. The third kappa shape index (κ3) is 3.05. The number of aryl methyl sites for hydroxylation is 2. The van der Waals surface area contributed by atoms with Gasteiger partial charge in [-0.3, -0.25) is 0 Å². The van der Waals surface area contributed by atoms with E-state index in [0.717, 1.165) is 13.0 Å². The summed E-state index contributed by atoms with van der Waals surface area (Å²) in [5.74, 6) is 0. The molecule has 0 saturated carbocycles. The van der Waals surface area contributed by atoms with Gasteiger partial charge in [-0.15, -0.1) is 11.3 Å². The van der Waals surface area contributed by atoms with E-state index in [9.17, 15) is 0 Å². The number of aromatic nitrogens is 1. The van der Waals surface area contributed by atoms with Crippen molar-refractivity contribution in [2.24, 2.45) is 5.41 Å². The van der Waals surface area contributed by atoms with Crippen molar-refractivity contribution in [2.45, 2.75) is 54.0 Å². The van der Waals surface area contributed by atoms with Crippen LogP contribution in [0.2, 0.25) is 0 Å². The molecule has 16 heavy (non-hydrogen) atoms. The highest BCUT2D eigenvalue weighted by molar-refractivity contribution is 7.11. The monoisotopic (exact) mass is 240 g/mol. The van der Waals surface area contributed by atoms with Crippen LogP contribution in [0.4, 0.5) is 0 Å².